The Balaban J connectivity index is 2.09. The molecule has 0 nitrogen and oxygen atoms in total. The molecular weight excluding hydrogens is 400 g/mol. The van der Waals surface area contributed by atoms with Crippen molar-refractivity contribution in [2.24, 2.45) is 34.5 Å². The van der Waals surface area contributed by atoms with Crippen LogP contribution in [-0.4, -0.2) is 8.07 Å². The van der Waals surface area contributed by atoms with Crippen LogP contribution in [0.25, 0.3) is 0 Å². The van der Waals surface area contributed by atoms with E-state index in [0.29, 0.717) is 23.7 Å². The summed E-state index contributed by atoms with van der Waals surface area (Å²) < 4.78 is 0. The summed E-state index contributed by atoms with van der Waals surface area (Å²) in [6.45, 7) is 23.5. The molecule has 0 aromatic heterocycles. The van der Waals surface area contributed by atoms with Crippen LogP contribution in [0, 0.1) is 34.5 Å². The second-order valence-corrected chi connectivity index (χ2v) is 18.2. The molecule has 0 bridgehead atoms. The van der Waals surface area contributed by atoms with E-state index in [9.17, 15) is 0 Å². The highest BCUT2D eigenvalue weighted by atomic mass is 28.3. The second-order valence-electron chi connectivity index (χ2n) is 13.2. The summed E-state index contributed by atoms with van der Waals surface area (Å²) in [6.07, 6.45) is 23.1. The standard InChI is InChI=1S/C31H50Si/c1-10-12-14-20-32(9,19-13-11-2)29-27-21-23(30(3,4)5)15-17-25(27)26-18-16-24(22-28(26)29)31(6,7)8/h11,15-18,21-22,25-29H,2,10,12-14,19-20H2,1,3-9H3. The first-order chi connectivity index (χ1) is 14.9. The summed E-state index contributed by atoms with van der Waals surface area (Å²) >= 11 is 0. The number of hydrogen-bond donors (Lipinski definition) is 0. The monoisotopic (exact) mass is 450 g/mol. The van der Waals surface area contributed by atoms with E-state index in [1.54, 1.807) is 11.1 Å². The molecule has 0 aromatic carbocycles. The van der Waals surface area contributed by atoms with Crippen LogP contribution in [0.15, 0.2) is 60.3 Å². The van der Waals surface area contributed by atoms with Crippen LogP contribution in [0.3, 0.4) is 0 Å². The summed E-state index contributed by atoms with van der Waals surface area (Å²) in [5.74, 6) is 2.75. The minimum atomic E-state index is -1.50. The molecule has 1 fully saturated rings. The third kappa shape index (κ3) is 5.19. The molecule has 1 heteroatoms. The molecule has 0 aliphatic heterocycles. The average Bonchev–Trinajstić information content (AvgIpc) is 3.05. The first-order valence-electron chi connectivity index (χ1n) is 13.3. The summed E-state index contributed by atoms with van der Waals surface area (Å²) in [6, 6.07) is 2.89. The third-order valence-corrected chi connectivity index (χ3v) is 14.0. The fourth-order valence-electron chi connectivity index (χ4n) is 6.74. The topological polar surface area (TPSA) is 0 Å². The Morgan fingerprint density at radius 1 is 0.812 bits per heavy atom. The molecule has 0 N–H and O–H groups in total. The molecule has 5 atom stereocenters. The number of hydrogen-bond acceptors (Lipinski definition) is 0. The van der Waals surface area contributed by atoms with Crippen molar-refractivity contribution >= 4 is 8.07 Å². The minimum absolute atomic E-state index is 0.226. The van der Waals surface area contributed by atoms with E-state index in [1.807, 2.05) is 0 Å². The van der Waals surface area contributed by atoms with Crippen LogP contribution in [0.1, 0.15) is 74.1 Å². The Morgan fingerprint density at radius 2 is 1.31 bits per heavy atom. The van der Waals surface area contributed by atoms with Crippen LogP contribution in [0.5, 0.6) is 0 Å². The summed E-state index contributed by atoms with van der Waals surface area (Å²) in [4.78, 5) is 0. The lowest BCUT2D eigenvalue weighted by Gasteiger charge is -2.42. The fraction of sp³-hybridized carbons (Fsp3) is 0.677. The van der Waals surface area contributed by atoms with Crippen molar-refractivity contribution in [3.8, 4) is 0 Å². The SMILES string of the molecule is C=CCC[Si](C)(CCCCC)C1C2C=C(C(C)(C)C)C=CC2C2C=CC(C(C)(C)C)=CC21. The molecule has 0 radical (unpaired) electrons. The van der Waals surface area contributed by atoms with Gasteiger partial charge < -0.3 is 0 Å². The van der Waals surface area contributed by atoms with E-state index in [0.717, 1.165) is 5.54 Å². The number of allylic oxidation sites excluding steroid dienone is 9. The smallest absolute Gasteiger partial charge is 0.0551 e. The Hall–Kier alpha value is -1.08. The van der Waals surface area contributed by atoms with Gasteiger partial charge in [-0.3, -0.25) is 0 Å². The molecule has 0 aromatic rings. The highest BCUT2D eigenvalue weighted by Crippen LogP contribution is 2.61. The van der Waals surface area contributed by atoms with Gasteiger partial charge in [0, 0.05) is 0 Å². The summed E-state index contributed by atoms with van der Waals surface area (Å²) in [5, 5.41) is 0. The van der Waals surface area contributed by atoms with Gasteiger partial charge in [-0.15, -0.1) is 6.58 Å². The Morgan fingerprint density at radius 3 is 1.72 bits per heavy atom. The van der Waals surface area contributed by atoms with Crippen molar-refractivity contribution in [1.82, 2.24) is 0 Å². The van der Waals surface area contributed by atoms with E-state index in [2.05, 4.69) is 104 Å². The third-order valence-electron chi connectivity index (χ3n) is 8.71. The number of unbranched alkanes of at least 4 members (excludes halogenated alkanes) is 2. The van der Waals surface area contributed by atoms with Crippen molar-refractivity contribution in [3.63, 3.8) is 0 Å². The van der Waals surface area contributed by atoms with E-state index < -0.39 is 8.07 Å². The Labute approximate surface area is 201 Å². The lowest BCUT2D eigenvalue weighted by molar-refractivity contribution is 0.433. The summed E-state index contributed by atoms with van der Waals surface area (Å²) in [5.41, 5.74) is 4.39. The maximum absolute atomic E-state index is 4.11. The molecule has 5 unspecified atom stereocenters. The van der Waals surface area contributed by atoms with Gasteiger partial charge in [-0.05, 0) is 57.6 Å². The van der Waals surface area contributed by atoms with Gasteiger partial charge in [0.05, 0.1) is 8.07 Å². The largest absolute Gasteiger partial charge is 0.103 e. The van der Waals surface area contributed by atoms with Crippen molar-refractivity contribution in [3.05, 3.63) is 60.3 Å². The zero-order valence-corrected chi connectivity index (χ0v) is 23.4. The van der Waals surface area contributed by atoms with Crippen LogP contribution >= 0.6 is 0 Å². The first kappa shape index (κ1) is 25.5. The van der Waals surface area contributed by atoms with E-state index in [1.165, 1.54) is 37.8 Å². The van der Waals surface area contributed by atoms with Gasteiger partial charge in [-0.2, -0.15) is 0 Å². The molecule has 178 valence electrons. The lowest BCUT2D eigenvalue weighted by Crippen LogP contribution is -2.41. The second kappa shape index (κ2) is 9.65. The first-order valence-corrected chi connectivity index (χ1v) is 16.3. The molecule has 3 aliphatic rings. The van der Waals surface area contributed by atoms with Crippen molar-refractivity contribution in [2.75, 3.05) is 0 Å². The quantitative estimate of drug-likeness (QED) is 0.196. The highest BCUT2D eigenvalue weighted by Gasteiger charge is 2.55. The van der Waals surface area contributed by atoms with Crippen LogP contribution in [0.2, 0.25) is 24.2 Å². The molecule has 32 heavy (non-hydrogen) atoms. The Kier molecular flexibility index (Phi) is 7.70. The molecule has 0 saturated heterocycles. The molecule has 1 saturated carbocycles. The van der Waals surface area contributed by atoms with Crippen molar-refractivity contribution in [2.45, 2.75) is 98.3 Å². The minimum Gasteiger partial charge on any atom is -0.103 e. The normalized spacial score (nSPS) is 31.4. The van der Waals surface area contributed by atoms with Gasteiger partial charge in [0.1, 0.15) is 0 Å². The number of fused-ring (bicyclic) bond motifs is 3. The maximum atomic E-state index is 4.11. The number of rotatable bonds is 8. The fourth-order valence-corrected chi connectivity index (χ4v) is 12.1. The van der Waals surface area contributed by atoms with Gasteiger partial charge >= 0.3 is 0 Å². The zero-order chi connectivity index (χ0) is 23.7. The van der Waals surface area contributed by atoms with E-state index in [-0.39, 0.29) is 10.8 Å². The Bertz CT molecular complexity index is 741. The van der Waals surface area contributed by atoms with Crippen molar-refractivity contribution in [1.29, 1.82) is 0 Å². The van der Waals surface area contributed by atoms with E-state index in [4.69, 9.17) is 0 Å². The van der Waals surface area contributed by atoms with Crippen molar-refractivity contribution < 1.29 is 0 Å². The zero-order valence-electron chi connectivity index (χ0n) is 22.4. The highest BCUT2D eigenvalue weighted by molar-refractivity contribution is 6.80. The molecule has 3 rings (SSSR count). The molecular formula is C31H50Si. The molecule has 0 amide bonds. The van der Waals surface area contributed by atoms with Gasteiger partial charge in [-0.25, -0.2) is 0 Å². The van der Waals surface area contributed by atoms with Gasteiger partial charge in [0.2, 0.25) is 0 Å². The predicted molar refractivity (Wildman–Crippen MR) is 147 cm³/mol. The lowest BCUT2D eigenvalue weighted by atomic mass is 9.74. The van der Waals surface area contributed by atoms with Gasteiger partial charge in [0.25, 0.3) is 0 Å². The van der Waals surface area contributed by atoms with Gasteiger partial charge in [0.15, 0.2) is 0 Å². The predicted octanol–water partition coefficient (Wildman–Crippen LogP) is 9.76. The van der Waals surface area contributed by atoms with Gasteiger partial charge in [-0.1, -0.05) is 129 Å². The average molecular weight is 451 g/mol. The van der Waals surface area contributed by atoms with Crippen LogP contribution < -0.4 is 0 Å². The summed E-state index contributed by atoms with van der Waals surface area (Å²) in [7, 11) is -1.50. The molecule has 0 heterocycles. The van der Waals surface area contributed by atoms with Crippen LogP contribution in [0.4, 0.5) is 0 Å². The molecule has 0 spiro atoms. The van der Waals surface area contributed by atoms with E-state index >= 15 is 0 Å². The molecule has 3 aliphatic carbocycles. The maximum Gasteiger partial charge on any atom is 0.0551 e. The van der Waals surface area contributed by atoms with Crippen LogP contribution in [-0.2, 0) is 0 Å².